The molecule has 1 aliphatic rings. The van der Waals surface area contributed by atoms with E-state index in [4.69, 9.17) is 5.11 Å². The van der Waals surface area contributed by atoms with Crippen molar-refractivity contribution in [1.82, 2.24) is 9.78 Å². The third kappa shape index (κ3) is 2.29. The van der Waals surface area contributed by atoms with E-state index in [9.17, 15) is 14.4 Å². The number of nitrogens with zero attached hydrogens (tertiary/aromatic N) is 2. The van der Waals surface area contributed by atoms with Gasteiger partial charge in [-0.3, -0.25) is 14.7 Å². The van der Waals surface area contributed by atoms with Crippen molar-refractivity contribution in [2.75, 3.05) is 0 Å². The monoisotopic (exact) mass is 347 g/mol. The highest BCUT2D eigenvalue weighted by molar-refractivity contribution is 6.21. The zero-order valence-corrected chi connectivity index (χ0v) is 13.7. The molecule has 0 spiro atoms. The molecule has 0 atom stereocenters. The second-order valence-corrected chi connectivity index (χ2v) is 5.91. The summed E-state index contributed by atoms with van der Waals surface area (Å²) in [6.45, 7) is 1.71. The summed E-state index contributed by atoms with van der Waals surface area (Å²) in [5.74, 6) is -1.49. The Hall–Kier alpha value is -3.74. The summed E-state index contributed by atoms with van der Waals surface area (Å²) in [6, 6.07) is 13.0. The standard InChI is InChI=1S/C19H13N3O4/c1-10-15(16-13-4-2-3-5-14(13)20-17(16)23)18(24)22(21-10)12-8-6-11(7-9-12)19(25)26/h2-9,21H,1H3,(H,25,26). The van der Waals surface area contributed by atoms with Crippen molar-refractivity contribution >= 4 is 17.4 Å². The Kier molecular flexibility index (Phi) is 3.43. The lowest BCUT2D eigenvalue weighted by Gasteiger charge is -2.02. The number of hydrogen-bond donors (Lipinski definition) is 2. The average molecular weight is 347 g/mol. The summed E-state index contributed by atoms with van der Waals surface area (Å²) in [5.41, 5.74) is 1.30. The largest absolute Gasteiger partial charge is 0.478 e. The number of fused-ring (bicyclic) bond motifs is 1. The smallest absolute Gasteiger partial charge is 0.335 e. The summed E-state index contributed by atoms with van der Waals surface area (Å²) in [5, 5.41) is 13.1. The van der Waals surface area contributed by atoms with Crippen LogP contribution in [0.3, 0.4) is 0 Å². The molecule has 0 saturated carbocycles. The zero-order valence-electron chi connectivity index (χ0n) is 13.7. The van der Waals surface area contributed by atoms with Gasteiger partial charge < -0.3 is 5.11 Å². The summed E-state index contributed by atoms with van der Waals surface area (Å²) in [6.07, 6.45) is 0. The topological polar surface area (TPSA) is 105 Å². The van der Waals surface area contributed by atoms with Crippen LogP contribution in [-0.2, 0) is 4.79 Å². The van der Waals surface area contributed by atoms with Crippen LogP contribution in [0.5, 0.6) is 0 Å². The number of aromatic amines is 1. The van der Waals surface area contributed by atoms with E-state index in [0.717, 1.165) is 0 Å². The number of carboxylic acids is 1. The molecule has 3 aromatic rings. The minimum Gasteiger partial charge on any atom is -0.478 e. The molecule has 0 fully saturated rings. The number of amides is 1. The predicted octanol–water partition coefficient (Wildman–Crippen LogP) is 0.531. The van der Waals surface area contributed by atoms with E-state index in [1.807, 2.05) is 0 Å². The highest BCUT2D eigenvalue weighted by Crippen LogP contribution is 2.16. The van der Waals surface area contributed by atoms with Crippen LogP contribution in [0.25, 0.3) is 11.3 Å². The van der Waals surface area contributed by atoms with Gasteiger partial charge in [0.2, 0.25) is 0 Å². The van der Waals surface area contributed by atoms with Crippen molar-refractivity contribution in [1.29, 1.82) is 0 Å². The molecular weight excluding hydrogens is 334 g/mol. The lowest BCUT2D eigenvalue weighted by Crippen LogP contribution is -2.25. The molecule has 0 unspecified atom stereocenters. The predicted molar refractivity (Wildman–Crippen MR) is 92.8 cm³/mol. The molecule has 1 amide bonds. The molecule has 0 saturated heterocycles. The number of H-pyrrole nitrogens is 1. The number of aromatic carboxylic acids is 1. The zero-order chi connectivity index (χ0) is 18.4. The van der Waals surface area contributed by atoms with Gasteiger partial charge in [0.15, 0.2) is 0 Å². The number of hydrogen-bond acceptors (Lipinski definition) is 3. The van der Waals surface area contributed by atoms with E-state index in [1.54, 1.807) is 31.2 Å². The summed E-state index contributed by atoms with van der Waals surface area (Å²) < 4.78 is 1.29. The Labute approximate surface area is 146 Å². The van der Waals surface area contributed by atoms with Gasteiger partial charge in [0.25, 0.3) is 11.5 Å². The first-order valence-corrected chi connectivity index (χ1v) is 7.85. The van der Waals surface area contributed by atoms with Crippen LogP contribution < -0.4 is 16.1 Å². The highest BCUT2D eigenvalue weighted by Gasteiger charge is 2.25. The number of aryl methyl sites for hydroxylation is 1. The third-order valence-corrected chi connectivity index (χ3v) is 4.30. The molecule has 0 radical (unpaired) electrons. The van der Waals surface area contributed by atoms with Gasteiger partial charge >= 0.3 is 5.97 Å². The Morgan fingerprint density at radius 1 is 1.08 bits per heavy atom. The van der Waals surface area contributed by atoms with Gasteiger partial charge in [-0.05, 0) is 37.3 Å². The summed E-state index contributed by atoms with van der Waals surface area (Å²) in [4.78, 5) is 40.3. The van der Waals surface area contributed by atoms with Crippen molar-refractivity contribution in [3.63, 3.8) is 0 Å². The number of carboxylic acid groups (broad SMARTS) is 1. The molecule has 7 nitrogen and oxygen atoms in total. The fraction of sp³-hybridized carbons (Fsp3) is 0.0526. The normalized spacial score (nSPS) is 12.8. The fourth-order valence-electron chi connectivity index (χ4n) is 3.08. The van der Waals surface area contributed by atoms with Gasteiger partial charge in [0, 0.05) is 10.9 Å². The Balaban J connectivity index is 1.92. The van der Waals surface area contributed by atoms with E-state index in [2.05, 4.69) is 10.1 Å². The van der Waals surface area contributed by atoms with Crippen LogP contribution in [-0.4, -0.2) is 26.8 Å². The maximum atomic E-state index is 13.0. The quantitative estimate of drug-likeness (QED) is 0.721. The molecule has 2 N–H and O–H groups in total. The van der Waals surface area contributed by atoms with Crippen molar-refractivity contribution in [3.05, 3.63) is 86.3 Å². The van der Waals surface area contributed by atoms with Crippen molar-refractivity contribution in [2.45, 2.75) is 6.92 Å². The molecule has 0 bridgehead atoms. The second-order valence-electron chi connectivity index (χ2n) is 5.91. The van der Waals surface area contributed by atoms with Crippen LogP contribution >= 0.6 is 0 Å². The number of nitrogens with one attached hydrogen (secondary N) is 1. The Morgan fingerprint density at radius 2 is 1.77 bits per heavy atom. The van der Waals surface area contributed by atoms with Crippen LogP contribution in [0.1, 0.15) is 21.6 Å². The molecule has 2 heterocycles. The third-order valence-electron chi connectivity index (χ3n) is 4.30. The van der Waals surface area contributed by atoms with E-state index < -0.39 is 11.9 Å². The first-order chi connectivity index (χ1) is 12.5. The second kappa shape index (κ2) is 5.66. The van der Waals surface area contributed by atoms with E-state index >= 15 is 0 Å². The molecular formula is C19H13N3O4. The maximum Gasteiger partial charge on any atom is 0.335 e. The van der Waals surface area contributed by atoms with Crippen LogP contribution in [0.15, 0.2) is 58.3 Å². The molecule has 1 aliphatic heterocycles. The molecule has 1 aromatic heterocycles. The number of carbonyl (C=O) groups is 2. The van der Waals surface area contributed by atoms with E-state index in [0.29, 0.717) is 22.0 Å². The van der Waals surface area contributed by atoms with Gasteiger partial charge in [0.1, 0.15) is 0 Å². The summed E-state index contributed by atoms with van der Waals surface area (Å²) >= 11 is 0. The van der Waals surface area contributed by atoms with Gasteiger partial charge in [-0.2, -0.15) is 0 Å². The van der Waals surface area contributed by atoms with Gasteiger partial charge in [-0.1, -0.05) is 18.2 Å². The Bertz CT molecular complexity index is 1250. The molecule has 26 heavy (non-hydrogen) atoms. The average Bonchev–Trinajstić information content (AvgIpc) is 3.10. The van der Waals surface area contributed by atoms with Gasteiger partial charge in [-0.15, -0.1) is 0 Å². The maximum absolute atomic E-state index is 13.0. The lowest BCUT2D eigenvalue weighted by molar-refractivity contribution is -0.112. The number of para-hydroxylation sites is 1. The first kappa shape index (κ1) is 15.8. The van der Waals surface area contributed by atoms with Crippen molar-refractivity contribution in [3.8, 4) is 5.69 Å². The SMILES string of the molecule is Cc1[nH]n(-c2ccc(C(=O)O)cc2)c(=O)c1C1=c2ccccc2=NC1=O. The van der Waals surface area contributed by atoms with Gasteiger partial charge in [0.05, 0.1) is 27.7 Å². The number of benzene rings is 2. The minimum atomic E-state index is -1.04. The lowest BCUT2D eigenvalue weighted by atomic mass is 10.0. The number of rotatable bonds is 3. The molecule has 2 aromatic carbocycles. The van der Waals surface area contributed by atoms with Crippen molar-refractivity contribution in [2.24, 2.45) is 4.99 Å². The van der Waals surface area contributed by atoms with E-state index in [1.165, 1.54) is 28.9 Å². The Morgan fingerprint density at radius 3 is 2.46 bits per heavy atom. The number of carbonyl (C=O) groups excluding carboxylic acids is 1. The van der Waals surface area contributed by atoms with Gasteiger partial charge in [-0.25, -0.2) is 14.5 Å². The van der Waals surface area contributed by atoms with Crippen LogP contribution in [0.4, 0.5) is 0 Å². The summed E-state index contributed by atoms with van der Waals surface area (Å²) in [7, 11) is 0. The fourth-order valence-corrected chi connectivity index (χ4v) is 3.08. The number of aromatic nitrogens is 2. The molecule has 7 heteroatoms. The first-order valence-electron chi connectivity index (χ1n) is 7.85. The minimum absolute atomic E-state index is 0.123. The molecule has 4 rings (SSSR count). The molecule has 128 valence electrons. The highest BCUT2D eigenvalue weighted by atomic mass is 16.4. The van der Waals surface area contributed by atoms with E-state index in [-0.39, 0.29) is 22.3 Å². The van der Waals surface area contributed by atoms with Crippen molar-refractivity contribution < 1.29 is 14.7 Å². The molecule has 0 aliphatic carbocycles. The van der Waals surface area contributed by atoms with Crippen LogP contribution in [0, 0.1) is 6.92 Å². The van der Waals surface area contributed by atoms with Crippen LogP contribution in [0.2, 0.25) is 0 Å².